The maximum atomic E-state index is 5.74. The summed E-state index contributed by atoms with van der Waals surface area (Å²) < 4.78 is 11.4. The van der Waals surface area contributed by atoms with Gasteiger partial charge in [-0.1, -0.05) is 19.4 Å². The van der Waals surface area contributed by atoms with Gasteiger partial charge in [-0.25, -0.2) is 9.97 Å². The molecule has 8 heteroatoms. The quantitative estimate of drug-likeness (QED) is 0.459. The number of likely N-dealkylation sites (N-methyl/N-ethyl adjacent to an activating group) is 1. The van der Waals surface area contributed by atoms with Crippen LogP contribution in [-0.4, -0.2) is 65.9 Å². The molecule has 0 unspecified atom stereocenters. The van der Waals surface area contributed by atoms with Crippen LogP contribution in [0.1, 0.15) is 37.9 Å². The molecular weight excluding hydrogens is 452 g/mol. The first kappa shape index (κ1) is 24.5. The standard InChI is InChI=1S/C28H36N6O2/c1-4-5-16-36-26-8-6-7-25(31-26)29-22-11-9-21(10-12-22)27-30-24-18-33(3)14-13-23(24)28(32-27)34-15-17-35-19-20(34)2/h6-12,20H,4-5,13-19H2,1-3H3,(H,29,31)/t20-/m0/s1. The zero-order chi connectivity index (χ0) is 24.9. The number of ether oxygens (including phenoxy) is 2. The number of unbranched alkanes of at least 4 members (excludes halogenated alkanes) is 1. The third-order valence-corrected chi connectivity index (χ3v) is 6.76. The zero-order valence-corrected chi connectivity index (χ0v) is 21.5. The Morgan fingerprint density at radius 2 is 1.94 bits per heavy atom. The van der Waals surface area contributed by atoms with E-state index in [2.05, 4.69) is 53.1 Å². The highest BCUT2D eigenvalue weighted by molar-refractivity contribution is 5.66. The Labute approximate surface area is 213 Å². The van der Waals surface area contributed by atoms with Crippen LogP contribution < -0.4 is 15.0 Å². The number of rotatable bonds is 8. The van der Waals surface area contributed by atoms with Gasteiger partial charge in [-0.15, -0.1) is 0 Å². The van der Waals surface area contributed by atoms with E-state index in [0.29, 0.717) is 18.5 Å². The highest BCUT2D eigenvalue weighted by Crippen LogP contribution is 2.31. The lowest BCUT2D eigenvalue weighted by Crippen LogP contribution is -2.45. The summed E-state index contributed by atoms with van der Waals surface area (Å²) in [6, 6.07) is 14.3. The molecule has 1 fully saturated rings. The van der Waals surface area contributed by atoms with Crippen LogP contribution in [0.5, 0.6) is 5.88 Å². The number of hydrogen-bond donors (Lipinski definition) is 1. The van der Waals surface area contributed by atoms with E-state index in [1.165, 1.54) is 5.56 Å². The highest BCUT2D eigenvalue weighted by Gasteiger charge is 2.28. The van der Waals surface area contributed by atoms with Crippen molar-refractivity contribution >= 4 is 17.3 Å². The predicted molar refractivity (Wildman–Crippen MR) is 143 cm³/mol. The van der Waals surface area contributed by atoms with Gasteiger partial charge in [-0.3, -0.25) is 0 Å². The first-order valence-electron chi connectivity index (χ1n) is 13.0. The molecule has 4 heterocycles. The van der Waals surface area contributed by atoms with Gasteiger partial charge in [-0.2, -0.15) is 4.98 Å². The fraction of sp³-hybridized carbons (Fsp3) is 0.464. The van der Waals surface area contributed by atoms with Gasteiger partial charge in [0.25, 0.3) is 0 Å². The zero-order valence-electron chi connectivity index (χ0n) is 21.5. The molecule has 2 aromatic heterocycles. The average molecular weight is 489 g/mol. The highest BCUT2D eigenvalue weighted by atomic mass is 16.5. The van der Waals surface area contributed by atoms with Gasteiger partial charge < -0.3 is 24.6 Å². The molecular formula is C28H36N6O2. The van der Waals surface area contributed by atoms with E-state index in [9.17, 15) is 0 Å². The van der Waals surface area contributed by atoms with E-state index in [-0.39, 0.29) is 0 Å². The molecule has 0 amide bonds. The van der Waals surface area contributed by atoms with Gasteiger partial charge in [-0.05, 0) is 57.1 Å². The van der Waals surface area contributed by atoms with Gasteiger partial charge in [0.05, 0.1) is 31.6 Å². The Hall–Kier alpha value is -3.23. The molecule has 8 nitrogen and oxygen atoms in total. The van der Waals surface area contributed by atoms with Crippen LogP contribution in [-0.2, 0) is 17.7 Å². The minimum absolute atomic E-state index is 0.297. The van der Waals surface area contributed by atoms with Crippen LogP contribution in [0.2, 0.25) is 0 Å². The number of benzene rings is 1. The molecule has 3 aromatic rings. The van der Waals surface area contributed by atoms with Crippen molar-refractivity contribution in [3.8, 4) is 17.3 Å². The summed E-state index contributed by atoms with van der Waals surface area (Å²) in [4.78, 5) is 19.4. The molecule has 2 aliphatic rings. The summed E-state index contributed by atoms with van der Waals surface area (Å²) >= 11 is 0. The number of morpholine rings is 1. The lowest BCUT2D eigenvalue weighted by Gasteiger charge is -2.37. The minimum Gasteiger partial charge on any atom is -0.478 e. The second kappa shape index (κ2) is 11.2. The van der Waals surface area contributed by atoms with Crippen molar-refractivity contribution in [2.24, 2.45) is 0 Å². The first-order valence-corrected chi connectivity index (χ1v) is 13.0. The SMILES string of the molecule is CCCCOc1cccc(Nc2ccc(-c3nc4c(c(N5CCOC[C@@H]5C)n3)CCN(C)C4)cc2)n1. The Morgan fingerprint density at radius 3 is 2.75 bits per heavy atom. The van der Waals surface area contributed by atoms with Crippen molar-refractivity contribution in [3.05, 3.63) is 53.7 Å². The number of nitrogens with one attached hydrogen (secondary N) is 1. The summed E-state index contributed by atoms with van der Waals surface area (Å²) in [5, 5.41) is 3.38. The normalized spacial score (nSPS) is 18.1. The molecule has 1 N–H and O–H groups in total. The predicted octanol–water partition coefficient (Wildman–Crippen LogP) is 4.67. The monoisotopic (exact) mass is 488 g/mol. The topological polar surface area (TPSA) is 75.6 Å². The molecule has 0 aliphatic carbocycles. The fourth-order valence-electron chi connectivity index (χ4n) is 4.69. The Balaban J connectivity index is 1.38. The first-order chi connectivity index (χ1) is 17.6. The van der Waals surface area contributed by atoms with E-state index in [1.807, 2.05) is 30.3 Å². The third-order valence-electron chi connectivity index (χ3n) is 6.76. The van der Waals surface area contributed by atoms with Gasteiger partial charge in [0.1, 0.15) is 11.6 Å². The van der Waals surface area contributed by atoms with Crippen molar-refractivity contribution < 1.29 is 9.47 Å². The van der Waals surface area contributed by atoms with E-state index < -0.39 is 0 Å². The summed E-state index contributed by atoms with van der Waals surface area (Å²) in [6.45, 7) is 9.24. The average Bonchev–Trinajstić information content (AvgIpc) is 2.89. The maximum absolute atomic E-state index is 5.74. The van der Waals surface area contributed by atoms with Crippen molar-refractivity contribution in [2.75, 3.05) is 50.2 Å². The molecule has 0 radical (unpaired) electrons. The van der Waals surface area contributed by atoms with Gasteiger partial charge >= 0.3 is 0 Å². The van der Waals surface area contributed by atoms with Crippen LogP contribution >= 0.6 is 0 Å². The number of aromatic nitrogens is 3. The molecule has 0 bridgehead atoms. The van der Waals surface area contributed by atoms with E-state index in [1.54, 1.807) is 0 Å². The maximum Gasteiger partial charge on any atom is 0.215 e. The minimum atomic E-state index is 0.297. The van der Waals surface area contributed by atoms with E-state index in [4.69, 9.17) is 19.4 Å². The smallest absolute Gasteiger partial charge is 0.215 e. The molecule has 1 saturated heterocycles. The Morgan fingerprint density at radius 1 is 1.08 bits per heavy atom. The summed E-state index contributed by atoms with van der Waals surface area (Å²) in [5.74, 6) is 3.25. The Bertz CT molecular complexity index is 1170. The summed E-state index contributed by atoms with van der Waals surface area (Å²) in [7, 11) is 2.15. The van der Waals surface area contributed by atoms with Crippen molar-refractivity contribution in [2.45, 2.75) is 45.7 Å². The number of hydrogen-bond acceptors (Lipinski definition) is 8. The molecule has 0 saturated carbocycles. The van der Waals surface area contributed by atoms with Crippen LogP contribution in [0, 0.1) is 0 Å². The molecule has 5 rings (SSSR count). The number of fused-ring (bicyclic) bond motifs is 1. The molecule has 36 heavy (non-hydrogen) atoms. The largest absolute Gasteiger partial charge is 0.478 e. The van der Waals surface area contributed by atoms with Crippen LogP contribution in [0.3, 0.4) is 0 Å². The molecule has 190 valence electrons. The molecule has 2 aliphatic heterocycles. The third kappa shape index (κ3) is 5.60. The van der Waals surface area contributed by atoms with Crippen molar-refractivity contribution in [1.82, 2.24) is 19.9 Å². The van der Waals surface area contributed by atoms with Crippen LogP contribution in [0.25, 0.3) is 11.4 Å². The Kier molecular flexibility index (Phi) is 7.63. The van der Waals surface area contributed by atoms with Gasteiger partial charge in [0.2, 0.25) is 5.88 Å². The second-order valence-electron chi connectivity index (χ2n) is 9.67. The number of nitrogens with zero attached hydrogens (tertiary/aromatic N) is 5. The number of pyridine rings is 1. The van der Waals surface area contributed by atoms with Gasteiger partial charge in [0.15, 0.2) is 5.82 Å². The lowest BCUT2D eigenvalue weighted by atomic mass is 10.0. The molecule has 1 atom stereocenters. The molecule has 1 aromatic carbocycles. The van der Waals surface area contributed by atoms with Crippen molar-refractivity contribution in [3.63, 3.8) is 0 Å². The number of anilines is 3. The lowest BCUT2D eigenvalue weighted by molar-refractivity contribution is 0.0983. The summed E-state index contributed by atoms with van der Waals surface area (Å²) in [6.07, 6.45) is 3.10. The van der Waals surface area contributed by atoms with E-state index >= 15 is 0 Å². The van der Waals surface area contributed by atoms with Crippen molar-refractivity contribution in [1.29, 1.82) is 0 Å². The van der Waals surface area contributed by atoms with Crippen LogP contribution in [0.4, 0.5) is 17.3 Å². The fourth-order valence-corrected chi connectivity index (χ4v) is 4.69. The van der Waals surface area contributed by atoms with Crippen LogP contribution in [0.15, 0.2) is 42.5 Å². The second-order valence-corrected chi connectivity index (χ2v) is 9.67. The summed E-state index contributed by atoms with van der Waals surface area (Å²) in [5.41, 5.74) is 4.38. The van der Waals surface area contributed by atoms with E-state index in [0.717, 1.165) is 86.5 Å². The molecule has 0 spiro atoms. The van der Waals surface area contributed by atoms with Gasteiger partial charge in [0, 0.05) is 42.5 Å².